The molecule has 0 bridgehead atoms. The summed E-state index contributed by atoms with van der Waals surface area (Å²) in [6.07, 6.45) is 3.66. The average Bonchev–Trinajstić information content (AvgIpc) is 3.38. The van der Waals surface area contributed by atoms with Gasteiger partial charge in [-0.15, -0.1) is 0 Å². The topological polar surface area (TPSA) is 220 Å². The minimum Gasteiger partial charge on any atom is -0.497 e. The van der Waals surface area contributed by atoms with Crippen LogP contribution in [0.5, 0.6) is 11.5 Å². The highest BCUT2D eigenvalue weighted by Crippen LogP contribution is 2.25. The number of ether oxygens (including phenoxy) is 4. The number of unbranched alkanes of at least 4 members (excludes halogenated alkanes) is 2. The molecule has 5 N–H and O–H groups in total. The molecule has 4 aromatic carbocycles. The first-order chi connectivity index (χ1) is 34.8. The van der Waals surface area contributed by atoms with Crippen LogP contribution in [0.1, 0.15) is 107 Å². The molecule has 0 aliphatic heterocycles. The Bertz CT molecular complexity index is 2440. The molecule has 394 valence electrons. The maximum absolute atomic E-state index is 14.7. The van der Waals surface area contributed by atoms with E-state index >= 15 is 0 Å². The van der Waals surface area contributed by atoms with Crippen molar-refractivity contribution < 1.29 is 52.5 Å². The second-order valence-electron chi connectivity index (χ2n) is 19.0. The summed E-state index contributed by atoms with van der Waals surface area (Å²) in [6.45, 7) is 10.7. The molecule has 17 nitrogen and oxygen atoms in total. The van der Waals surface area contributed by atoms with Crippen LogP contribution in [-0.4, -0.2) is 112 Å². The van der Waals surface area contributed by atoms with Crippen LogP contribution in [0.25, 0.3) is 11.1 Å². The van der Waals surface area contributed by atoms with Crippen molar-refractivity contribution in [3.8, 4) is 22.6 Å². The van der Waals surface area contributed by atoms with Crippen LogP contribution >= 0.6 is 0 Å². The van der Waals surface area contributed by atoms with Gasteiger partial charge in [-0.1, -0.05) is 80.9 Å². The van der Waals surface area contributed by atoms with Gasteiger partial charge in [0, 0.05) is 32.1 Å². The Balaban J connectivity index is 1.50. The second kappa shape index (κ2) is 28.6. The lowest BCUT2D eigenvalue weighted by Gasteiger charge is -2.32. The van der Waals surface area contributed by atoms with Crippen molar-refractivity contribution >= 4 is 41.6 Å². The van der Waals surface area contributed by atoms with E-state index in [4.69, 9.17) is 18.9 Å². The van der Waals surface area contributed by atoms with Gasteiger partial charge in [-0.2, -0.15) is 0 Å². The lowest BCUT2D eigenvalue weighted by molar-refractivity contribution is -0.145. The van der Waals surface area contributed by atoms with E-state index in [1.807, 2.05) is 12.1 Å². The van der Waals surface area contributed by atoms with Crippen LogP contribution in [0.4, 0.5) is 4.79 Å². The summed E-state index contributed by atoms with van der Waals surface area (Å²) in [5, 5.41) is 13.8. The van der Waals surface area contributed by atoms with Crippen molar-refractivity contribution in [2.75, 3.05) is 41.5 Å². The van der Waals surface area contributed by atoms with E-state index in [1.165, 1.54) is 45.8 Å². The smallest absolute Gasteiger partial charge is 0.407 e. The average molecular weight is 1010 g/mol. The maximum Gasteiger partial charge on any atom is 0.407 e. The number of hydrogen-bond donors (Lipinski definition) is 5. The molecule has 0 radical (unpaired) electrons. The summed E-state index contributed by atoms with van der Waals surface area (Å²) < 4.78 is 20.9. The summed E-state index contributed by atoms with van der Waals surface area (Å²) in [7, 11) is 5.65. The van der Waals surface area contributed by atoms with Crippen LogP contribution in [0.3, 0.4) is 0 Å². The van der Waals surface area contributed by atoms with E-state index in [1.54, 1.807) is 88.4 Å². The predicted octanol–water partition coefficient (Wildman–Crippen LogP) is 6.86. The Labute approximate surface area is 429 Å². The normalized spacial score (nSPS) is 13.1. The number of carbonyl (C=O) groups is 7. The number of likely N-dealkylation sites (N-methyl/N-ethyl adjacent to an activating group) is 1. The number of hydrogen-bond acceptors (Lipinski definition) is 11. The van der Waals surface area contributed by atoms with E-state index in [0.29, 0.717) is 41.0 Å². The summed E-state index contributed by atoms with van der Waals surface area (Å²) in [5.74, 6) is -3.33. The minimum atomic E-state index is -1.33. The molecule has 0 aliphatic carbocycles. The van der Waals surface area contributed by atoms with Crippen LogP contribution in [-0.2, 0) is 46.3 Å². The first-order valence-corrected chi connectivity index (χ1v) is 24.7. The Morgan fingerprint density at radius 3 is 1.75 bits per heavy atom. The highest BCUT2D eigenvalue weighted by molar-refractivity contribution is 5.97. The lowest BCUT2D eigenvalue weighted by atomic mass is 10.0. The third-order valence-corrected chi connectivity index (χ3v) is 12.0. The van der Waals surface area contributed by atoms with Crippen LogP contribution < -0.4 is 36.1 Å². The molecule has 0 aromatic heterocycles. The minimum absolute atomic E-state index is 0.0457. The van der Waals surface area contributed by atoms with Crippen LogP contribution in [0, 0.1) is 5.92 Å². The molecule has 1 unspecified atom stereocenters. The number of esters is 1. The number of nitrogens with zero attached hydrogens (tertiary/aromatic N) is 1. The summed E-state index contributed by atoms with van der Waals surface area (Å²) in [6, 6.07) is 24.2. The summed E-state index contributed by atoms with van der Waals surface area (Å²) >= 11 is 0. The van der Waals surface area contributed by atoms with Gasteiger partial charge in [0.15, 0.2) is 0 Å². The molecular formula is C56H74N6O11. The molecule has 17 heteroatoms. The van der Waals surface area contributed by atoms with E-state index in [0.717, 1.165) is 30.4 Å². The third kappa shape index (κ3) is 18.6. The number of rotatable bonds is 26. The number of aryl methyl sites for hydroxylation is 1. The van der Waals surface area contributed by atoms with E-state index in [2.05, 4.69) is 57.8 Å². The molecule has 4 aromatic rings. The Morgan fingerprint density at radius 1 is 0.630 bits per heavy atom. The van der Waals surface area contributed by atoms with Crippen molar-refractivity contribution in [1.82, 2.24) is 31.5 Å². The predicted molar refractivity (Wildman–Crippen MR) is 279 cm³/mol. The highest BCUT2D eigenvalue weighted by Gasteiger charge is 2.36. The number of benzene rings is 4. The zero-order valence-electron chi connectivity index (χ0n) is 43.9. The SMILES string of the molecule is CCCCc1ccc(-c2ccc(C(=O)NCC(C)C(=O)N[C@@H](CCCCNC(=O)OC(C)(C)C)C(=O)N(C)[C@H](C(=O)N[C@@H](C)C(=O)N[C@@H](Cc3ccc(OC)cc3)C(=O)OC)c3ccc(OC)cc3)cc2)cc1. The molecule has 0 spiro atoms. The van der Waals surface area contributed by atoms with Crippen molar-refractivity contribution in [1.29, 1.82) is 0 Å². The maximum atomic E-state index is 14.7. The van der Waals surface area contributed by atoms with Crippen molar-refractivity contribution in [3.05, 3.63) is 119 Å². The first kappa shape index (κ1) is 58.1. The molecule has 0 aliphatic rings. The van der Waals surface area contributed by atoms with Gasteiger partial charge in [-0.3, -0.25) is 24.0 Å². The molecule has 73 heavy (non-hydrogen) atoms. The monoisotopic (exact) mass is 1010 g/mol. The number of nitrogens with one attached hydrogen (secondary N) is 5. The number of amides is 6. The molecule has 0 heterocycles. The fourth-order valence-corrected chi connectivity index (χ4v) is 7.75. The van der Waals surface area contributed by atoms with Gasteiger partial charge >= 0.3 is 12.1 Å². The molecule has 6 amide bonds. The number of methoxy groups -OCH3 is 3. The molecule has 0 saturated carbocycles. The fraction of sp³-hybridized carbons (Fsp3) is 0.446. The summed E-state index contributed by atoms with van der Waals surface area (Å²) in [4.78, 5) is 96.3. The molecule has 0 fully saturated rings. The van der Waals surface area contributed by atoms with Gasteiger partial charge in [-0.05, 0) is 124 Å². The largest absolute Gasteiger partial charge is 0.497 e. The highest BCUT2D eigenvalue weighted by atomic mass is 16.6. The Hall–Kier alpha value is -7.43. The lowest BCUT2D eigenvalue weighted by Crippen LogP contribution is -2.55. The molecule has 0 saturated heterocycles. The summed E-state index contributed by atoms with van der Waals surface area (Å²) in [5.41, 5.74) is 4.07. The van der Waals surface area contributed by atoms with Gasteiger partial charge in [0.25, 0.3) is 5.91 Å². The van der Waals surface area contributed by atoms with Gasteiger partial charge in [-0.25, -0.2) is 9.59 Å². The van der Waals surface area contributed by atoms with E-state index in [9.17, 15) is 33.6 Å². The third-order valence-electron chi connectivity index (χ3n) is 12.0. The molecular weight excluding hydrogens is 933 g/mol. The van der Waals surface area contributed by atoms with Crippen molar-refractivity contribution in [2.45, 2.75) is 116 Å². The van der Waals surface area contributed by atoms with Crippen molar-refractivity contribution in [3.63, 3.8) is 0 Å². The molecule has 5 atom stereocenters. The Morgan fingerprint density at radius 2 is 1.19 bits per heavy atom. The van der Waals surface area contributed by atoms with Crippen molar-refractivity contribution in [2.24, 2.45) is 5.92 Å². The van der Waals surface area contributed by atoms with Gasteiger partial charge in [0.2, 0.25) is 23.6 Å². The first-order valence-electron chi connectivity index (χ1n) is 24.7. The standard InChI is InChI=1S/C56H74N6O11/c1-11-12-15-38-17-21-40(22-18-38)41-23-25-43(26-24-41)51(65)58-35-36(2)49(63)60-46(16-13-14-33-57-55(69)73-56(4,5)6)53(67)62(7)48(42-27-31-45(71-9)32-28-42)52(66)59-37(3)50(64)61-47(54(68)72-10)34-39-19-29-44(70-8)30-20-39/h17-32,36-37,46-48H,11-16,33-35H2,1-10H3,(H,57,69)(H,58,65)(H,59,66)(H,60,63)(H,61,64)/t36?,37-,46-,47-,48-/m0/s1. The van der Waals surface area contributed by atoms with E-state index in [-0.39, 0.29) is 31.8 Å². The van der Waals surface area contributed by atoms with E-state index < -0.39 is 71.4 Å². The Kier molecular flexibility index (Phi) is 22.8. The van der Waals surface area contributed by atoms with Crippen LogP contribution in [0.2, 0.25) is 0 Å². The number of carbonyl (C=O) groups excluding carboxylic acids is 7. The fourth-order valence-electron chi connectivity index (χ4n) is 7.75. The number of alkyl carbamates (subject to hydrolysis) is 1. The van der Waals surface area contributed by atoms with Gasteiger partial charge in [0.1, 0.15) is 41.3 Å². The van der Waals surface area contributed by atoms with Gasteiger partial charge < -0.3 is 50.4 Å². The second-order valence-corrected chi connectivity index (χ2v) is 19.0. The quantitative estimate of drug-likeness (QED) is 0.0323. The van der Waals surface area contributed by atoms with Gasteiger partial charge in [0.05, 0.1) is 27.2 Å². The zero-order chi connectivity index (χ0) is 53.7. The zero-order valence-corrected chi connectivity index (χ0v) is 43.9. The molecule has 4 rings (SSSR count). The van der Waals surface area contributed by atoms with Crippen LogP contribution in [0.15, 0.2) is 97.1 Å².